The molecule has 0 aromatic carbocycles. The molecule has 1 rings (SSSR count). The van der Waals surface area contributed by atoms with E-state index in [4.69, 9.17) is 4.52 Å². The summed E-state index contributed by atoms with van der Waals surface area (Å²) in [6, 6.07) is 0. The van der Waals surface area contributed by atoms with Gasteiger partial charge in [0.2, 0.25) is 0 Å². The Morgan fingerprint density at radius 1 is 1.04 bits per heavy atom. The second kappa shape index (κ2) is 20.7. The van der Waals surface area contributed by atoms with Crippen molar-refractivity contribution in [3.8, 4) is 0 Å². The van der Waals surface area contributed by atoms with Crippen LogP contribution in [0.25, 0.3) is 12.2 Å². The van der Waals surface area contributed by atoms with Crippen LogP contribution in [0.5, 0.6) is 0 Å². The van der Waals surface area contributed by atoms with Crippen LogP contribution >= 0.6 is 0 Å². The van der Waals surface area contributed by atoms with Crippen molar-refractivity contribution in [2.24, 2.45) is 0 Å². The fourth-order valence-corrected chi connectivity index (χ4v) is 1.57. The Labute approximate surface area is 146 Å². The fourth-order valence-electron chi connectivity index (χ4n) is 1.57. The summed E-state index contributed by atoms with van der Waals surface area (Å²) in [5.74, 6) is 0.812. The van der Waals surface area contributed by atoms with E-state index in [0.717, 1.165) is 23.4 Å². The van der Waals surface area contributed by atoms with E-state index in [-0.39, 0.29) is 0 Å². The third-order valence-corrected chi connectivity index (χ3v) is 3.03. The number of nitrogens with zero attached hydrogens (tertiary/aromatic N) is 1. The largest absolute Gasteiger partial charge is 0.356 e. The number of hydrogen-bond donors (Lipinski definition) is 0. The molecule has 0 aliphatic rings. The monoisotopic (exact) mass is 323 g/mol. The van der Waals surface area contributed by atoms with E-state index in [1.807, 2.05) is 40.7 Å². The second-order valence-electron chi connectivity index (χ2n) is 4.80. The van der Waals surface area contributed by atoms with Crippen LogP contribution in [-0.4, -0.2) is 5.16 Å². The summed E-state index contributed by atoms with van der Waals surface area (Å²) < 4.78 is 5.16. The number of aromatic nitrogens is 1. The normalized spacial score (nSPS) is 9.52. The first-order valence-corrected chi connectivity index (χ1v) is 9.36. The lowest BCUT2D eigenvalue weighted by atomic mass is 10.1. The van der Waals surface area contributed by atoms with Gasteiger partial charge < -0.3 is 4.52 Å². The summed E-state index contributed by atoms with van der Waals surface area (Å²) in [6.45, 7) is 22.3. The van der Waals surface area contributed by atoms with Gasteiger partial charge in [-0.3, -0.25) is 0 Å². The van der Waals surface area contributed by atoms with Gasteiger partial charge >= 0.3 is 0 Å². The Morgan fingerprint density at radius 2 is 1.52 bits per heavy atom. The summed E-state index contributed by atoms with van der Waals surface area (Å²) in [4.78, 5) is 0. The molecule has 0 fully saturated rings. The molecular formula is C21H41NO. The molecule has 0 aliphatic heterocycles. The molecule has 136 valence electrons. The average molecular weight is 324 g/mol. The summed E-state index contributed by atoms with van der Waals surface area (Å²) in [5.41, 5.74) is 3.16. The third kappa shape index (κ3) is 14.0. The fraction of sp³-hybridized carbons (Fsp3) is 0.667. The van der Waals surface area contributed by atoms with Crippen molar-refractivity contribution in [2.75, 3.05) is 0 Å². The van der Waals surface area contributed by atoms with Crippen molar-refractivity contribution in [3.05, 3.63) is 29.2 Å². The van der Waals surface area contributed by atoms with E-state index in [1.165, 1.54) is 31.3 Å². The Hall–Kier alpha value is -1.31. The number of unbranched alkanes of at least 4 members (excludes halogenated alkanes) is 3. The SMILES string of the molecule is C=Cc1c(C)noc1/C=C(/C)CC.CC.CC.CCCCCC. The van der Waals surface area contributed by atoms with Crippen molar-refractivity contribution in [2.45, 2.75) is 94.4 Å². The van der Waals surface area contributed by atoms with Crippen LogP contribution in [0.2, 0.25) is 0 Å². The highest BCUT2D eigenvalue weighted by Crippen LogP contribution is 2.18. The van der Waals surface area contributed by atoms with E-state index in [2.05, 4.69) is 39.4 Å². The van der Waals surface area contributed by atoms with Crippen molar-refractivity contribution in [3.63, 3.8) is 0 Å². The Bertz CT molecular complexity index is 385. The van der Waals surface area contributed by atoms with Gasteiger partial charge in [0, 0.05) is 5.56 Å². The molecule has 0 atom stereocenters. The van der Waals surface area contributed by atoms with Crippen LogP contribution in [-0.2, 0) is 0 Å². The standard InChI is InChI=1S/C11H15NO.C6H14.2C2H6/c1-5-8(3)7-11-10(6-2)9(4)12-13-11;1-3-5-6-4-2;2*1-2/h6-7H,2,5H2,1,3-4H3;3-6H2,1-2H3;2*1-2H3/b8-7-;;;. The maximum atomic E-state index is 5.16. The van der Waals surface area contributed by atoms with E-state index >= 15 is 0 Å². The molecule has 1 aromatic rings. The van der Waals surface area contributed by atoms with E-state index in [9.17, 15) is 0 Å². The Morgan fingerprint density at radius 3 is 1.87 bits per heavy atom. The van der Waals surface area contributed by atoms with Gasteiger partial charge in [0.1, 0.15) is 0 Å². The van der Waals surface area contributed by atoms with Crippen LogP contribution in [0.15, 0.2) is 16.7 Å². The maximum absolute atomic E-state index is 5.16. The second-order valence-corrected chi connectivity index (χ2v) is 4.80. The number of rotatable bonds is 6. The van der Waals surface area contributed by atoms with Gasteiger partial charge in [-0.1, -0.05) is 97.5 Å². The average Bonchev–Trinajstić information content (AvgIpc) is 2.96. The molecule has 2 heteroatoms. The third-order valence-electron chi connectivity index (χ3n) is 3.03. The van der Waals surface area contributed by atoms with Crippen LogP contribution in [0.1, 0.15) is 105 Å². The number of allylic oxidation sites excluding steroid dienone is 1. The molecule has 1 heterocycles. The first kappa shape index (κ1) is 26.6. The van der Waals surface area contributed by atoms with E-state index in [1.54, 1.807) is 6.08 Å². The molecule has 0 spiro atoms. The highest BCUT2D eigenvalue weighted by molar-refractivity contribution is 5.62. The summed E-state index contributed by atoms with van der Waals surface area (Å²) in [7, 11) is 0. The molecule has 0 bridgehead atoms. The van der Waals surface area contributed by atoms with Gasteiger partial charge in [-0.05, 0) is 26.3 Å². The Kier molecular flexibility index (Phi) is 23.9. The van der Waals surface area contributed by atoms with Gasteiger partial charge in [0.25, 0.3) is 0 Å². The first-order chi connectivity index (χ1) is 11.1. The van der Waals surface area contributed by atoms with E-state index < -0.39 is 0 Å². The van der Waals surface area contributed by atoms with Crippen molar-refractivity contribution in [1.29, 1.82) is 0 Å². The van der Waals surface area contributed by atoms with Gasteiger partial charge in [-0.2, -0.15) is 0 Å². The zero-order chi connectivity index (χ0) is 18.7. The number of aryl methyl sites for hydroxylation is 1. The molecule has 0 radical (unpaired) electrons. The van der Waals surface area contributed by atoms with Crippen molar-refractivity contribution >= 4 is 12.2 Å². The zero-order valence-corrected chi connectivity index (χ0v) is 17.3. The van der Waals surface area contributed by atoms with Crippen LogP contribution in [0.4, 0.5) is 0 Å². The van der Waals surface area contributed by atoms with Gasteiger partial charge in [0.15, 0.2) is 5.76 Å². The lowest BCUT2D eigenvalue weighted by molar-refractivity contribution is 0.407. The summed E-state index contributed by atoms with van der Waals surface area (Å²) in [5, 5.41) is 3.88. The Balaban J connectivity index is -0.000000338. The highest BCUT2D eigenvalue weighted by atomic mass is 16.5. The van der Waals surface area contributed by atoms with Crippen LogP contribution in [0.3, 0.4) is 0 Å². The molecule has 0 unspecified atom stereocenters. The van der Waals surface area contributed by atoms with Gasteiger partial charge in [0.05, 0.1) is 5.69 Å². The highest BCUT2D eigenvalue weighted by Gasteiger charge is 2.06. The molecule has 0 amide bonds. The number of hydrogen-bond acceptors (Lipinski definition) is 2. The van der Waals surface area contributed by atoms with Crippen LogP contribution in [0, 0.1) is 6.92 Å². The topological polar surface area (TPSA) is 26.0 Å². The lowest BCUT2D eigenvalue weighted by Gasteiger charge is -1.93. The molecule has 0 saturated carbocycles. The van der Waals surface area contributed by atoms with Crippen molar-refractivity contribution in [1.82, 2.24) is 5.16 Å². The summed E-state index contributed by atoms with van der Waals surface area (Å²) in [6.07, 6.45) is 10.3. The zero-order valence-electron chi connectivity index (χ0n) is 17.3. The first-order valence-electron chi connectivity index (χ1n) is 9.36. The van der Waals surface area contributed by atoms with Crippen molar-refractivity contribution < 1.29 is 4.52 Å². The molecule has 23 heavy (non-hydrogen) atoms. The molecular weight excluding hydrogens is 282 g/mol. The predicted molar refractivity (Wildman–Crippen MR) is 108 cm³/mol. The molecule has 0 saturated heterocycles. The molecule has 0 N–H and O–H groups in total. The van der Waals surface area contributed by atoms with Gasteiger partial charge in [-0.15, -0.1) is 0 Å². The molecule has 2 nitrogen and oxygen atoms in total. The quantitative estimate of drug-likeness (QED) is 0.494. The smallest absolute Gasteiger partial charge is 0.167 e. The van der Waals surface area contributed by atoms with Crippen LogP contribution < -0.4 is 0 Å². The minimum Gasteiger partial charge on any atom is -0.356 e. The van der Waals surface area contributed by atoms with Gasteiger partial charge in [-0.25, -0.2) is 0 Å². The molecule has 0 aliphatic carbocycles. The minimum atomic E-state index is 0.812. The maximum Gasteiger partial charge on any atom is 0.167 e. The minimum absolute atomic E-state index is 0.812. The summed E-state index contributed by atoms with van der Waals surface area (Å²) >= 11 is 0. The van der Waals surface area contributed by atoms with E-state index in [0.29, 0.717) is 0 Å². The predicted octanol–water partition coefficient (Wildman–Crippen LogP) is 8.08. The molecule has 1 aromatic heterocycles. The lowest BCUT2D eigenvalue weighted by Crippen LogP contribution is -1.77.